The fourth-order valence-electron chi connectivity index (χ4n) is 2.24. The van der Waals surface area contributed by atoms with Crippen molar-refractivity contribution in [3.63, 3.8) is 0 Å². The van der Waals surface area contributed by atoms with Gasteiger partial charge in [0, 0.05) is 6.42 Å². The minimum atomic E-state index is -0.147. The van der Waals surface area contributed by atoms with Gasteiger partial charge in [-0.2, -0.15) is 0 Å². The van der Waals surface area contributed by atoms with Gasteiger partial charge in [0.1, 0.15) is 0 Å². The van der Waals surface area contributed by atoms with Crippen molar-refractivity contribution in [1.82, 2.24) is 0 Å². The number of hydrogen-bond acceptors (Lipinski definition) is 3. The largest absolute Gasteiger partial charge is 0.375 e. The van der Waals surface area contributed by atoms with Crippen LogP contribution in [0.25, 0.3) is 0 Å². The van der Waals surface area contributed by atoms with Gasteiger partial charge in [-0.15, -0.1) is 0 Å². The molecule has 3 nitrogen and oxygen atoms in total. The van der Waals surface area contributed by atoms with Crippen LogP contribution < -0.4 is 0 Å². The van der Waals surface area contributed by atoms with Crippen LogP contribution in [0, 0.1) is 0 Å². The summed E-state index contributed by atoms with van der Waals surface area (Å²) in [5.74, 6) is 0. The van der Waals surface area contributed by atoms with Crippen LogP contribution in [0.15, 0.2) is 0 Å². The molecular weight excluding hydrogens is 240 g/mol. The lowest BCUT2D eigenvalue weighted by atomic mass is 10.00. The second-order valence-electron chi connectivity index (χ2n) is 7.49. The minimum absolute atomic E-state index is 0.0686. The van der Waals surface area contributed by atoms with E-state index in [0.29, 0.717) is 6.10 Å². The summed E-state index contributed by atoms with van der Waals surface area (Å²) in [6, 6.07) is 0. The predicted molar refractivity (Wildman–Crippen MR) is 78.5 cm³/mol. The lowest BCUT2D eigenvalue weighted by molar-refractivity contribution is -0.141. The average molecular weight is 272 g/mol. The molecule has 1 fully saturated rings. The van der Waals surface area contributed by atoms with Gasteiger partial charge in [0.15, 0.2) is 0 Å². The van der Waals surface area contributed by atoms with E-state index in [0.717, 1.165) is 32.5 Å². The molecule has 3 heteroatoms. The van der Waals surface area contributed by atoms with Gasteiger partial charge < -0.3 is 14.2 Å². The zero-order valence-corrected chi connectivity index (χ0v) is 13.8. The highest BCUT2D eigenvalue weighted by Gasteiger charge is 2.33. The Morgan fingerprint density at radius 3 is 2.05 bits per heavy atom. The van der Waals surface area contributed by atoms with Crippen LogP contribution in [0.1, 0.15) is 67.7 Å². The molecule has 1 rings (SSSR count). The molecule has 0 spiro atoms. The van der Waals surface area contributed by atoms with Crippen LogP contribution in [0.4, 0.5) is 0 Å². The summed E-state index contributed by atoms with van der Waals surface area (Å²) in [7, 11) is 0. The zero-order chi connectivity index (χ0) is 14.7. The van der Waals surface area contributed by atoms with Gasteiger partial charge in [0.2, 0.25) is 0 Å². The fourth-order valence-corrected chi connectivity index (χ4v) is 2.24. The van der Waals surface area contributed by atoms with E-state index >= 15 is 0 Å². The highest BCUT2D eigenvalue weighted by atomic mass is 16.6. The molecule has 1 aliphatic rings. The molecule has 0 aromatic carbocycles. The SMILES string of the molecule is CCC(C)(C)OC(C)(C)CCOC(C)(C)CC1CO1. The van der Waals surface area contributed by atoms with Crippen molar-refractivity contribution in [2.24, 2.45) is 0 Å². The molecule has 114 valence electrons. The third kappa shape index (κ3) is 7.28. The van der Waals surface area contributed by atoms with Crippen LogP contribution in [-0.2, 0) is 14.2 Å². The Labute approximate surface area is 119 Å². The van der Waals surface area contributed by atoms with Gasteiger partial charge >= 0.3 is 0 Å². The Balaban J connectivity index is 2.29. The van der Waals surface area contributed by atoms with Crippen molar-refractivity contribution in [1.29, 1.82) is 0 Å². The highest BCUT2D eigenvalue weighted by molar-refractivity contribution is 4.81. The van der Waals surface area contributed by atoms with Crippen LogP contribution in [0.2, 0.25) is 0 Å². The first-order valence-corrected chi connectivity index (χ1v) is 7.51. The Morgan fingerprint density at radius 1 is 1.00 bits per heavy atom. The molecule has 1 aliphatic heterocycles. The van der Waals surface area contributed by atoms with Crippen molar-refractivity contribution in [2.45, 2.75) is 90.6 Å². The Bertz CT molecular complexity index is 278. The molecule has 1 heterocycles. The number of ether oxygens (including phenoxy) is 3. The third-order valence-electron chi connectivity index (χ3n) is 3.72. The number of epoxide rings is 1. The van der Waals surface area contributed by atoms with Crippen molar-refractivity contribution < 1.29 is 14.2 Å². The molecule has 0 aromatic rings. The van der Waals surface area contributed by atoms with Crippen molar-refractivity contribution in [3.05, 3.63) is 0 Å². The molecule has 1 atom stereocenters. The topological polar surface area (TPSA) is 31.0 Å². The monoisotopic (exact) mass is 272 g/mol. The van der Waals surface area contributed by atoms with Gasteiger partial charge in [-0.1, -0.05) is 6.92 Å². The van der Waals surface area contributed by atoms with Gasteiger partial charge in [0.25, 0.3) is 0 Å². The normalized spacial score (nSPS) is 20.7. The van der Waals surface area contributed by atoms with E-state index in [1.165, 1.54) is 0 Å². The number of rotatable bonds is 9. The first kappa shape index (κ1) is 16.9. The summed E-state index contributed by atoms with van der Waals surface area (Å²) in [5, 5.41) is 0. The summed E-state index contributed by atoms with van der Waals surface area (Å²) >= 11 is 0. The summed E-state index contributed by atoms with van der Waals surface area (Å²) < 4.78 is 17.4. The van der Waals surface area contributed by atoms with E-state index in [9.17, 15) is 0 Å². The van der Waals surface area contributed by atoms with Crippen LogP contribution >= 0.6 is 0 Å². The molecule has 0 aliphatic carbocycles. The Morgan fingerprint density at radius 2 is 1.58 bits per heavy atom. The van der Waals surface area contributed by atoms with Gasteiger partial charge in [-0.3, -0.25) is 0 Å². The molecule has 1 saturated heterocycles. The summed E-state index contributed by atoms with van der Waals surface area (Å²) in [5.41, 5.74) is -0.315. The van der Waals surface area contributed by atoms with E-state index < -0.39 is 0 Å². The molecular formula is C16H32O3. The molecule has 19 heavy (non-hydrogen) atoms. The Hall–Kier alpha value is -0.120. The van der Waals surface area contributed by atoms with Crippen molar-refractivity contribution >= 4 is 0 Å². The standard InChI is InChI=1S/C16H32O3/c1-8-14(2,3)19-15(4,5)9-10-18-16(6,7)11-13-12-17-13/h13H,8-12H2,1-7H3. The quantitative estimate of drug-likeness (QED) is 0.596. The minimum Gasteiger partial charge on any atom is -0.375 e. The predicted octanol–water partition coefficient (Wildman–Crippen LogP) is 3.94. The summed E-state index contributed by atoms with van der Waals surface area (Å²) in [6.45, 7) is 16.6. The summed E-state index contributed by atoms with van der Waals surface area (Å²) in [6.07, 6.45) is 3.32. The fraction of sp³-hybridized carbons (Fsp3) is 1.00. The van der Waals surface area contributed by atoms with E-state index in [4.69, 9.17) is 14.2 Å². The van der Waals surface area contributed by atoms with Gasteiger partial charge in [-0.05, 0) is 54.4 Å². The third-order valence-corrected chi connectivity index (χ3v) is 3.72. The molecule has 0 aromatic heterocycles. The maximum absolute atomic E-state index is 6.18. The van der Waals surface area contributed by atoms with Crippen LogP contribution in [-0.4, -0.2) is 36.1 Å². The van der Waals surface area contributed by atoms with Crippen molar-refractivity contribution in [3.8, 4) is 0 Å². The average Bonchev–Trinajstić information content (AvgIpc) is 2.98. The van der Waals surface area contributed by atoms with Gasteiger partial charge in [-0.25, -0.2) is 0 Å². The first-order valence-electron chi connectivity index (χ1n) is 7.51. The second kappa shape index (κ2) is 6.11. The molecule has 1 unspecified atom stereocenters. The summed E-state index contributed by atoms with van der Waals surface area (Å²) in [4.78, 5) is 0. The highest BCUT2D eigenvalue weighted by Crippen LogP contribution is 2.28. The Kier molecular flexibility index (Phi) is 5.44. The van der Waals surface area contributed by atoms with E-state index in [2.05, 4.69) is 48.5 Å². The number of hydrogen-bond donors (Lipinski definition) is 0. The zero-order valence-electron chi connectivity index (χ0n) is 13.8. The maximum Gasteiger partial charge on any atom is 0.0837 e. The first-order chi connectivity index (χ1) is 8.55. The molecule has 0 N–H and O–H groups in total. The lowest BCUT2D eigenvalue weighted by Gasteiger charge is -2.36. The maximum atomic E-state index is 6.18. The van der Waals surface area contributed by atoms with Crippen LogP contribution in [0.5, 0.6) is 0 Å². The smallest absolute Gasteiger partial charge is 0.0837 e. The van der Waals surface area contributed by atoms with E-state index in [1.54, 1.807) is 0 Å². The molecule has 0 bridgehead atoms. The van der Waals surface area contributed by atoms with Crippen LogP contribution in [0.3, 0.4) is 0 Å². The lowest BCUT2D eigenvalue weighted by Crippen LogP contribution is -2.38. The van der Waals surface area contributed by atoms with Crippen molar-refractivity contribution in [2.75, 3.05) is 13.2 Å². The molecule has 0 saturated carbocycles. The molecule has 0 amide bonds. The van der Waals surface area contributed by atoms with E-state index in [-0.39, 0.29) is 16.8 Å². The molecule has 0 radical (unpaired) electrons. The van der Waals surface area contributed by atoms with E-state index in [1.807, 2.05) is 0 Å². The van der Waals surface area contributed by atoms with Gasteiger partial charge in [0.05, 0.1) is 36.1 Å². The second-order valence-corrected chi connectivity index (χ2v) is 7.49.